The van der Waals surface area contributed by atoms with Gasteiger partial charge in [-0.25, -0.2) is 9.42 Å². The molecule has 0 radical (unpaired) electrons. The molecule has 0 aromatic carbocycles. The van der Waals surface area contributed by atoms with E-state index in [4.69, 9.17) is 10.8 Å². The number of nitrogens with one attached hydrogen (secondary N) is 1. The van der Waals surface area contributed by atoms with Crippen LogP contribution in [-0.4, -0.2) is 33.3 Å². The summed E-state index contributed by atoms with van der Waals surface area (Å²) in [4.78, 5) is 22.7. The van der Waals surface area contributed by atoms with Crippen LogP contribution in [0.3, 0.4) is 0 Å². The topological polar surface area (TPSA) is 131 Å². The van der Waals surface area contributed by atoms with Gasteiger partial charge in [-0.1, -0.05) is 20.8 Å². The third-order valence-corrected chi connectivity index (χ3v) is 2.12. The average molecular weight is 242 g/mol. The molecule has 1 rings (SSSR count). The van der Waals surface area contributed by atoms with E-state index >= 15 is 0 Å². The van der Waals surface area contributed by atoms with Crippen molar-refractivity contribution < 1.29 is 19.3 Å². The standard InChI is InChI=1S/C9H14N4O4/c1-9(2,3)5(8(15)16)11-7(14)4-6(10)13-17-12-4/h5H,1-3H3,(H2,10,13)(H,11,14)(H,15,16). The number of carboxylic acid groups (broad SMARTS) is 1. The maximum absolute atomic E-state index is 11.7. The number of nitrogens with two attached hydrogens (primary N) is 1. The monoisotopic (exact) mass is 242 g/mol. The summed E-state index contributed by atoms with van der Waals surface area (Å²) in [7, 11) is 0. The molecule has 1 atom stereocenters. The van der Waals surface area contributed by atoms with E-state index in [1.54, 1.807) is 20.8 Å². The number of carbonyl (C=O) groups is 2. The first-order valence-electron chi connectivity index (χ1n) is 4.85. The Morgan fingerprint density at radius 1 is 1.41 bits per heavy atom. The van der Waals surface area contributed by atoms with Crippen molar-refractivity contribution in [2.24, 2.45) is 5.41 Å². The molecule has 0 saturated carbocycles. The van der Waals surface area contributed by atoms with Gasteiger partial charge in [-0.05, 0) is 15.7 Å². The van der Waals surface area contributed by atoms with Crippen molar-refractivity contribution in [2.45, 2.75) is 26.8 Å². The van der Waals surface area contributed by atoms with Gasteiger partial charge in [0.25, 0.3) is 5.91 Å². The van der Waals surface area contributed by atoms with Gasteiger partial charge < -0.3 is 16.2 Å². The summed E-state index contributed by atoms with van der Waals surface area (Å²) in [5, 5.41) is 17.9. The Hall–Kier alpha value is -2.12. The number of hydrogen-bond acceptors (Lipinski definition) is 6. The highest BCUT2D eigenvalue weighted by Crippen LogP contribution is 2.20. The first-order valence-corrected chi connectivity index (χ1v) is 4.85. The van der Waals surface area contributed by atoms with Crippen molar-refractivity contribution in [3.05, 3.63) is 5.69 Å². The summed E-state index contributed by atoms with van der Waals surface area (Å²) in [5.41, 5.74) is 4.46. The molecule has 1 unspecified atom stereocenters. The molecule has 0 bridgehead atoms. The maximum Gasteiger partial charge on any atom is 0.326 e. The summed E-state index contributed by atoms with van der Waals surface area (Å²) in [6.45, 7) is 5.07. The highest BCUT2D eigenvalue weighted by Gasteiger charge is 2.34. The predicted octanol–water partition coefficient (Wildman–Crippen LogP) is -0.119. The summed E-state index contributed by atoms with van der Waals surface area (Å²) in [5.74, 6) is -2.05. The number of carbonyl (C=O) groups excluding carboxylic acids is 1. The number of rotatable bonds is 3. The van der Waals surface area contributed by atoms with Crippen LogP contribution < -0.4 is 11.1 Å². The molecule has 0 saturated heterocycles. The molecule has 0 aliphatic heterocycles. The van der Waals surface area contributed by atoms with E-state index in [2.05, 4.69) is 20.3 Å². The van der Waals surface area contributed by atoms with Crippen LogP contribution in [0.5, 0.6) is 0 Å². The number of aliphatic carboxylic acids is 1. The highest BCUT2D eigenvalue weighted by atomic mass is 16.6. The Morgan fingerprint density at radius 2 is 2.00 bits per heavy atom. The predicted molar refractivity (Wildman–Crippen MR) is 57.1 cm³/mol. The van der Waals surface area contributed by atoms with E-state index in [0.717, 1.165) is 0 Å². The number of nitrogen functional groups attached to an aromatic ring is 1. The van der Waals surface area contributed by atoms with Crippen LogP contribution in [0.15, 0.2) is 4.63 Å². The molecular weight excluding hydrogens is 228 g/mol. The van der Waals surface area contributed by atoms with Gasteiger partial charge in [0, 0.05) is 0 Å². The normalized spacial score (nSPS) is 13.1. The van der Waals surface area contributed by atoms with Crippen LogP contribution in [0, 0.1) is 5.41 Å². The van der Waals surface area contributed by atoms with Gasteiger partial charge in [0.15, 0.2) is 0 Å². The number of anilines is 1. The van der Waals surface area contributed by atoms with Crippen LogP contribution in [0.25, 0.3) is 0 Å². The van der Waals surface area contributed by atoms with Gasteiger partial charge in [-0.15, -0.1) is 0 Å². The molecule has 0 fully saturated rings. The molecule has 0 aliphatic rings. The van der Waals surface area contributed by atoms with Gasteiger partial charge in [0.1, 0.15) is 6.04 Å². The first-order chi connectivity index (χ1) is 7.73. The van der Waals surface area contributed by atoms with Gasteiger partial charge in [-0.3, -0.25) is 4.79 Å². The van der Waals surface area contributed by atoms with Gasteiger partial charge >= 0.3 is 5.97 Å². The Bertz CT molecular complexity index is 434. The van der Waals surface area contributed by atoms with E-state index in [9.17, 15) is 9.59 Å². The third-order valence-electron chi connectivity index (χ3n) is 2.12. The quantitative estimate of drug-likeness (QED) is 0.673. The lowest BCUT2D eigenvalue weighted by molar-refractivity contribution is -0.142. The van der Waals surface area contributed by atoms with Crippen molar-refractivity contribution >= 4 is 17.7 Å². The minimum absolute atomic E-state index is 0.180. The number of nitrogens with zero attached hydrogens (tertiary/aromatic N) is 2. The lowest BCUT2D eigenvalue weighted by Crippen LogP contribution is -2.49. The molecule has 0 spiro atoms. The summed E-state index contributed by atoms with van der Waals surface area (Å²) < 4.78 is 4.26. The summed E-state index contributed by atoms with van der Waals surface area (Å²) >= 11 is 0. The summed E-state index contributed by atoms with van der Waals surface area (Å²) in [6, 6.07) is -1.06. The Labute approximate surface area is 97.1 Å². The van der Waals surface area contributed by atoms with Crippen molar-refractivity contribution in [1.82, 2.24) is 15.6 Å². The third kappa shape index (κ3) is 2.92. The number of carboxylic acids is 1. The highest BCUT2D eigenvalue weighted by molar-refractivity contribution is 5.98. The zero-order chi connectivity index (χ0) is 13.2. The maximum atomic E-state index is 11.7. The van der Waals surface area contributed by atoms with E-state index in [1.165, 1.54) is 0 Å². The molecule has 1 aromatic rings. The zero-order valence-electron chi connectivity index (χ0n) is 9.72. The number of amides is 1. The van der Waals surface area contributed by atoms with Crippen molar-refractivity contribution in [1.29, 1.82) is 0 Å². The zero-order valence-corrected chi connectivity index (χ0v) is 9.72. The second-order valence-electron chi connectivity index (χ2n) is 4.61. The van der Waals surface area contributed by atoms with Crippen LogP contribution in [0.4, 0.5) is 5.82 Å². The fourth-order valence-electron chi connectivity index (χ4n) is 1.20. The summed E-state index contributed by atoms with van der Waals surface area (Å²) in [6.07, 6.45) is 0. The van der Waals surface area contributed by atoms with E-state index in [-0.39, 0.29) is 11.5 Å². The van der Waals surface area contributed by atoms with Gasteiger partial charge in [0.2, 0.25) is 11.5 Å². The van der Waals surface area contributed by atoms with Crippen LogP contribution >= 0.6 is 0 Å². The molecule has 4 N–H and O–H groups in total. The van der Waals surface area contributed by atoms with Gasteiger partial charge in [-0.2, -0.15) is 0 Å². The van der Waals surface area contributed by atoms with Crippen LogP contribution in [0.2, 0.25) is 0 Å². The van der Waals surface area contributed by atoms with E-state index < -0.39 is 23.3 Å². The Balaban J connectivity index is 2.86. The largest absolute Gasteiger partial charge is 0.480 e. The molecule has 17 heavy (non-hydrogen) atoms. The molecule has 1 heterocycles. The van der Waals surface area contributed by atoms with Gasteiger partial charge in [0.05, 0.1) is 0 Å². The van der Waals surface area contributed by atoms with E-state index in [1.807, 2.05) is 0 Å². The average Bonchev–Trinajstić information content (AvgIpc) is 2.58. The lowest BCUT2D eigenvalue weighted by atomic mass is 9.86. The molecule has 1 aromatic heterocycles. The molecule has 1 amide bonds. The van der Waals surface area contributed by atoms with Crippen molar-refractivity contribution in [3.63, 3.8) is 0 Å². The molecule has 94 valence electrons. The van der Waals surface area contributed by atoms with E-state index in [0.29, 0.717) is 0 Å². The lowest BCUT2D eigenvalue weighted by Gasteiger charge is -2.27. The van der Waals surface area contributed by atoms with Crippen molar-refractivity contribution in [2.75, 3.05) is 5.73 Å². The minimum Gasteiger partial charge on any atom is -0.480 e. The smallest absolute Gasteiger partial charge is 0.326 e. The second-order valence-corrected chi connectivity index (χ2v) is 4.61. The Morgan fingerprint density at radius 3 is 2.35 bits per heavy atom. The molecular formula is C9H14N4O4. The molecule has 0 aliphatic carbocycles. The molecule has 8 nitrogen and oxygen atoms in total. The fraction of sp³-hybridized carbons (Fsp3) is 0.556. The fourth-order valence-corrected chi connectivity index (χ4v) is 1.20. The second kappa shape index (κ2) is 4.40. The SMILES string of the molecule is CC(C)(C)C(NC(=O)c1nonc1N)C(=O)O. The van der Waals surface area contributed by atoms with Crippen LogP contribution in [0.1, 0.15) is 31.3 Å². The van der Waals surface area contributed by atoms with Crippen molar-refractivity contribution in [3.8, 4) is 0 Å². The Kier molecular flexibility index (Phi) is 3.35. The van der Waals surface area contributed by atoms with Crippen LogP contribution in [-0.2, 0) is 4.79 Å². The number of aromatic nitrogens is 2. The number of hydrogen-bond donors (Lipinski definition) is 3. The first kappa shape index (κ1) is 12.9. The minimum atomic E-state index is -1.14. The molecule has 8 heteroatoms.